The van der Waals surface area contributed by atoms with Crippen LogP contribution in [-0.4, -0.2) is 27.7 Å². The van der Waals surface area contributed by atoms with Crippen molar-refractivity contribution < 1.29 is 13.2 Å². The fourth-order valence-electron chi connectivity index (χ4n) is 2.66. The van der Waals surface area contributed by atoms with E-state index >= 15 is 0 Å². The van der Waals surface area contributed by atoms with Crippen molar-refractivity contribution in [2.24, 2.45) is 11.7 Å². The van der Waals surface area contributed by atoms with Crippen LogP contribution in [0.3, 0.4) is 0 Å². The fourth-order valence-corrected chi connectivity index (χ4v) is 5.45. The summed E-state index contributed by atoms with van der Waals surface area (Å²) >= 11 is 1.40. The zero-order chi connectivity index (χ0) is 14.8. The Morgan fingerprint density at radius 3 is 2.95 bits per heavy atom. The lowest BCUT2D eigenvalue weighted by Crippen LogP contribution is -2.33. The van der Waals surface area contributed by atoms with Crippen molar-refractivity contribution in [3.8, 4) is 0 Å². The van der Waals surface area contributed by atoms with E-state index in [1.807, 2.05) is 5.38 Å². The molecular formula is C13H22N2O3S2. The molecule has 114 valence electrons. The van der Waals surface area contributed by atoms with Gasteiger partial charge in [-0.2, -0.15) is 0 Å². The van der Waals surface area contributed by atoms with Gasteiger partial charge in [0, 0.05) is 30.5 Å². The molecule has 0 aromatic carbocycles. The number of rotatable bonds is 6. The van der Waals surface area contributed by atoms with Crippen molar-refractivity contribution in [1.82, 2.24) is 4.72 Å². The van der Waals surface area contributed by atoms with Gasteiger partial charge in [-0.05, 0) is 30.7 Å². The Balaban J connectivity index is 2.09. The van der Waals surface area contributed by atoms with Crippen molar-refractivity contribution >= 4 is 21.4 Å². The van der Waals surface area contributed by atoms with Gasteiger partial charge in [-0.25, -0.2) is 13.1 Å². The molecule has 1 aliphatic heterocycles. The molecule has 0 amide bonds. The molecule has 3 N–H and O–H groups in total. The summed E-state index contributed by atoms with van der Waals surface area (Å²) < 4.78 is 33.2. The summed E-state index contributed by atoms with van der Waals surface area (Å²) in [6.45, 7) is 5.26. The Morgan fingerprint density at radius 1 is 1.55 bits per heavy atom. The summed E-state index contributed by atoms with van der Waals surface area (Å²) in [6, 6.07) is 0. The molecule has 0 bridgehead atoms. The molecule has 2 rings (SSSR count). The van der Waals surface area contributed by atoms with E-state index in [1.54, 1.807) is 6.92 Å². The molecule has 0 radical (unpaired) electrons. The van der Waals surface area contributed by atoms with Crippen LogP contribution in [0.25, 0.3) is 0 Å². The summed E-state index contributed by atoms with van der Waals surface area (Å²) in [5.74, 6) is 0.259. The lowest BCUT2D eigenvalue weighted by atomic mass is 10.0. The molecule has 1 aromatic rings. The number of hydrogen-bond acceptors (Lipinski definition) is 5. The second-order valence-electron chi connectivity index (χ2n) is 5.09. The maximum absolute atomic E-state index is 12.4. The predicted molar refractivity (Wildman–Crippen MR) is 80.3 cm³/mol. The van der Waals surface area contributed by atoms with Gasteiger partial charge >= 0.3 is 0 Å². The van der Waals surface area contributed by atoms with E-state index in [0.717, 1.165) is 25.0 Å². The minimum absolute atomic E-state index is 0.162. The van der Waals surface area contributed by atoms with Gasteiger partial charge in [0.1, 0.15) is 4.90 Å². The first kappa shape index (κ1) is 15.9. The van der Waals surface area contributed by atoms with E-state index in [2.05, 4.69) is 11.6 Å². The summed E-state index contributed by atoms with van der Waals surface area (Å²) in [5, 5.41) is 1.84. The van der Waals surface area contributed by atoms with Crippen LogP contribution >= 0.6 is 11.3 Å². The summed E-state index contributed by atoms with van der Waals surface area (Å²) in [5.41, 5.74) is 6.38. The average molecular weight is 318 g/mol. The van der Waals surface area contributed by atoms with Gasteiger partial charge in [0.15, 0.2) is 0 Å². The van der Waals surface area contributed by atoms with E-state index in [-0.39, 0.29) is 18.6 Å². The van der Waals surface area contributed by atoms with Gasteiger partial charge in [-0.1, -0.05) is 6.92 Å². The van der Waals surface area contributed by atoms with Gasteiger partial charge in [-0.3, -0.25) is 0 Å². The first-order valence-corrected chi connectivity index (χ1v) is 9.24. The SMILES string of the molecule is CCC1OCCC1CNS(=O)(=O)c1c(C)csc1CN. The molecular weight excluding hydrogens is 296 g/mol. The van der Waals surface area contributed by atoms with E-state index in [9.17, 15) is 8.42 Å². The second-order valence-corrected chi connectivity index (χ2v) is 7.76. The van der Waals surface area contributed by atoms with E-state index < -0.39 is 10.0 Å². The standard InChI is InChI=1S/C13H22N2O3S2/c1-3-11-10(4-5-18-11)7-15-20(16,17)13-9(2)8-19-12(13)6-14/h8,10-11,15H,3-7,14H2,1-2H3. The van der Waals surface area contributed by atoms with Crippen LogP contribution in [-0.2, 0) is 21.3 Å². The van der Waals surface area contributed by atoms with E-state index in [1.165, 1.54) is 11.3 Å². The minimum Gasteiger partial charge on any atom is -0.378 e. The average Bonchev–Trinajstić information content (AvgIpc) is 3.02. The number of ether oxygens (including phenoxy) is 1. The quantitative estimate of drug-likeness (QED) is 0.835. The molecule has 2 unspecified atom stereocenters. The Labute approximate surface area is 124 Å². The molecule has 1 aromatic heterocycles. The summed E-state index contributed by atoms with van der Waals surface area (Å²) in [6.07, 6.45) is 1.99. The van der Waals surface area contributed by atoms with E-state index in [0.29, 0.717) is 16.3 Å². The number of nitrogens with one attached hydrogen (secondary N) is 1. The largest absolute Gasteiger partial charge is 0.378 e. The number of hydrogen-bond donors (Lipinski definition) is 2. The van der Waals surface area contributed by atoms with Crippen LogP contribution in [0, 0.1) is 12.8 Å². The van der Waals surface area contributed by atoms with Gasteiger partial charge in [0.25, 0.3) is 0 Å². The zero-order valence-corrected chi connectivity index (χ0v) is 13.5. The topological polar surface area (TPSA) is 81.4 Å². The van der Waals surface area contributed by atoms with Gasteiger partial charge < -0.3 is 10.5 Å². The Hall–Kier alpha value is -0.470. The van der Waals surface area contributed by atoms with Crippen molar-refractivity contribution in [1.29, 1.82) is 0 Å². The number of nitrogens with two attached hydrogens (primary N) is 1. The van der Waals surface area contributed by atoms with Crippen molar-refractivity contribution in [3.63, 3.8) is 0 Å². The normalized spacial score (nSPS) is 23.4. The third-order valence-electron chi connectivity index (χ3n) is 3.73. The molecule has 2 atom stereocenters. The summed E-state index contributed by atoms with van der Waals surface area (Å²) in [7, 11) is -3.48. The molecule has 20 heavy (non-hydrogen) atoms. The van der Waals surface area contributed by atoms with Gasteiger partial charge in [-0.15, -0.1) is 11.3 Å². The molecule has 2 heterocycles. The zero-order valence-electron chi connectivity index (χ0n) is 11.9. The van der Waals surface area contributed by atoms with Crippen molar-refractivity contribution in [2.75, 3.05) is 13.2 Å². The van der Waals surface area contributed by atoms with Crippen molar-refractivity contribution in [3.05, 3.63) is 15.8 Å². The van der Waals surface area contributed by atoms with Crippen LogP contribution in [0.15, 0.2) is 10.3 Å². The highest BCUT2D eigenvalue weighted by molar-refractivity contribution is 7.89. The van der Waals surface area contributed by atoms with Crippen LogP contribution in [0.1, 0.15) is 30.2 Å². The maximum Gasteiger partial charge on any atom is 0.241 e. The Morgan fingerprint density at radius 2 is 2.30 bits per heavy atom. The third-order valence-corrected chi connectivity index (χ3v) is 6.64. The Kier molecular flexibility index (Phi) is 5.19. The monoisotopic (exact) mass is 318 g/mol. The van der Waals surface area contributed by atoms with Crippen molar-refractivity contribution in [2.45, 2.75) is 44.2 Å². The molecule has 0 saturated carbocycles. The van der Waals surface area contributed by atoms with Gasteiger partial charge in [0.2, 0.25) is 10.0 Å². The van der Waals surface area contributed by atoms with Crippen LogP contribution in [0.2, 0.25) is 0 Å². The molecule has 5 nitrogen and oxygen atoms in total. The lowest BCUT2D eigenvalue weighted by Gasteiger charge is -2.17. The molecule has 1 fully saturated rings. The van der Waals surface area contributed by atoms with Gasteiger partial charge in [0.05, 0.1) is 6.10 Å². The predicted octanol–water partition coefficient (Wildman–Crippen LogP) is 1.61. The minimum atomic E-state index is -3.48. The second kappa shape index (κ2) is 6.53. The number of aryl methyl sites for hydroxylation is 1. The third kappa shape index (κ3) is 3.23. The highest BCUT2D eigenvalue weighted by Gasteiger charge is 2.29. The first-order valence-electron chi connectivity index (χ1n) is 6.88. The fraction of sp³-hybridized carbons (Fsp3) is 0.692. The van der Waals surface area contributed by atoms with Crippen LogP contribution in [0.4, 0.5) is 0 Å². The molecule has 1 saturated heterocycles. The Bertz CT molecular complexity index is 554. The van der Waals surface area contributed by atoms with E-state index in [4.69, 9.17) is 10.5 Å². The van der Waals surface area contributed by atoms with Crippen LogP contribution < -0.4 is 10.5 Å². The lowest BCUT2D eigenvalue weighted by molar-refractivity contribution is 0.0884. The molecule has 7 heteroatoms. The smallest absolute Gasteiger partial charge is 0.241 e. The summed E-state index contributed by atoms with van der Waals surface area (Å²) in [4.78, 5) is 1.07. The molecule has 1 aliphatic rings. The highest BCUT2D eigenvalue weighted by atomic mass is 32.2. The molecule has 0 aliphatic carbocycles. The van der Waals surface area contributed by atoms with Crippen LogP contribution in [0.5, 0.6) is 0 Å². The maximum atomic E-state index is 12.4. The number of thiophene rings is 1. The first-order chi connectivity index (χ1) is 9.49. The number of sulfonamides is 1. The molecule has 0 spiro atoms. The highest BCUT2D eigenvalue weighted by Crippen LogP contribution is 2.27.